The molecule has 1 aromatic carbocycles. The van der Waals surface area contributed by atoms with Crippen molar-refractivity contribution in [3.63, 3.8) is 0 Å². The van der Waals surface area contributed by atoms with Gasteiger partial charge in [-0.1, -0.05) is 12.1 Å². The van der Waals surface area contributed by atoms with E-state index < -0.39 is 0 Å². The Morgan fingerprint density at radius 1 is 1.41 bits per heavy atom. The molecule has 0 unspecified atom stereocenters. The quantitative estimate of drug-likeness (QED) is 0.946. The second kappa shape index (κ2) is 4.98. The summed E-state index contributed by atoms with van der Waals surface area (Å²) in [5, 5.41) is 0. The molecule has 1 aromatic heterocycles. The average Bonchev–Trinajstić information content (AvgIpc) is 2.58. The van der Waals surface area contributed by atoms with Gasteiger partial charge < -0.3 is 10.3 Å². The number of benzene rings is 1. The van der Waals surface area contributed by atoms with Gasteiger partial charge in [-0.25, -0.2) is 9.37 Å². The maximum absolute atomic E-state index is 13.7. The Morgan fingerprint density at radius 3 is 2.76 bits per heavy atom. The van der Waals surface area contributed by atoms with Crippen LogP contribution >= 0.6 is 15.9 Å². The van der Waals surface area contributed by atoms with Crippen LogP contribution < -0.4 is 5.73 Å². The molecule has 1 heterocycles. The van der Waals surface area contributed by atoms with Crippen molar-refractivity contribution in [1.82, 2.24) is 9.55 Å². The fourth-order valence-electron chi connectivity index (χ4n) is 1.79. The minimum atomic E-state index is -0.271. The number of aromatic nitrogens is 2. The fraction of sp³-hybridized carbons (Fsp3) is 0.250. The van der Waals surface area contributed by atoms with Crippen LogP contribution in [-0.4, -0.2) is 16.1 Å². The molecule has 0 saturated carbocycles. The Bertz CT molecular complexity index is 537. The third kappa shape index (κ3) is 2.25. The highest BCUT2D eigenvalue weighted by Crippen LogP contribution is 2.26. The summed E-state index contributed by atoms with van der Waals surface area (Å²) in [5.41, 5.74) is 7.02. The van der Waals surface area contributed by atoms with Crippen LogP contribution in [0.5, 0.6) is 0 Å². The minimum absolute atomic E-state index is 0.271. The van der Waals surface area contributed by atoms with E-state index in [0.717, 1.165) is 10.3 Å². The van der Waals surface area contributed by atoms with Gasteiger partial charge in [-0.2, -0.15) is 0 Å². The molecule has 0 aliphatic carbocycles. The second-order valence-corrected chi connectivity index (χ2v) is 4.50. The molecule has 0 radical (unpaired) electrons. The molecule has 0 amide bonds. The topological polar surface area (TPSA) is 43.8 Å². The Labute approximate surface area is 108 Å². The van der Waals surface area contributed by atoms with Gasteiger partial charge in [-0.05, 0) is 34.6 Å². The zero-order chi connectivity index (χ0) is 12.4. The lowest BCUT2D eigenvalue weighted by Gasteiger charge is -2.05. The van der Waals surface area contributed by atoms with Crippen LogP contribution in [0, 0.1) is 5.82 Å². The van der Waals surface area contributed by atoms with Crippen molar-refractivity contribution in [2.24, 2.45) is 12.8 Å². The monoisotopic (exact) mass is 297 g/mol. The molecule has 0 aliphatic heterocycles. The number of nitrogens with two attached hydrogens (primary N) is 1. The molecule has 0 spiro atoms. The maximum atomic E-state index is 13.7. The molecule has 0 saturated heterocycles. The van der Waals surface area contributed by atoms with E-state index in [0.29, 0.717) is 24.4 Å². The molecule has 0 bridgehead atoms. The van der Waals surface area contributed by atoms with E-state index >= 15 is 0 Å². The van der Waals surface area contributed by atoms with Crippen LogP contribution in [0.1, 0.15) is 5.69 Å². The van der Waals surface area contributed by atoms with Crippen LogP contribution in [0.15, 0.2) is 28.9 Å². The Balaban J connectivity index is 2.54. The van der Waals surface area contributed by atoms with Crippen molar-refractivity contribution in [2.75, 3.05) is 6.54 Å². The normalized spacial score (nSPS) is 10.8. The number of imidazole rings is 1. The van der Waals surface area contributed by atoms with Gasteiger partial charge in [-0.3, -0.25) is 0 Å². The number of rotatable bonds is 3. The van der Waals surface area contributed by atoms with Crippen LogP contribution in [0.4, 0.5) is 4.39 Å². The summed E-state index contributed by atoms with van der Waals surface area (Å²) in [6, 6.07) is 6.61. The third-order valence-corrected chi connectivity index (χ3v) is 3.30. The van der Waals surface area contributed by atoms with E-state index in [2.05, 4.69) is 20.9 Å². The van der Waals surface area contributed by atoms with Gasteiger partial charge in [0.05, 0.1) is 11.3 Å². The van der Waals surface area contributed by atoms with Crippen LogP contribution in [0.3, 0.4) is 0 Å². The Morgan fingerprint density at radius 2 is 2.12 bits per heavy atom. The molecule has 90 valence electrons. The molecule has 2 rings (SSSR count). The van der Waals surface area contributed by atoms with Gasteiger partial charge in [0.15, 0.2) is 0 Å². The first-order chi connectivity index (χ1) is 8.15. The van der Waals surface area contributed by atoms with Crippen LogP contribution in [0.25, 0.3) is 11.4 Å². The molecule has 2 N–H and O–H groups in total. The fourth-order valence-corrected chi connectivity index (χ4v) is 2.42. The molecular weight excluding hydrogens is 285 g/mol. The number of hydrogen-bond donors (Lipinski definition) is 1. The van der Waals surface area contributed by atoms with Crippen molar-refractivity contribution in [2.45, 2.75) is 6.42 Å². The van der Waals surface area contributed by atoms with Gasteiger partial charge in [0.1, 0.15) is 16.2 Å². The smallest absolute Gasteiger partial charge is 0.144 e. The summed E-state index contributed by atoms with van der Waals surface area (Å²) < 4.78 is 16.3. The molecule has 0 aliphatic rings. The first-order valence-corrected chi connectivity index (χ1v) is 6.10. The summed E-state index contributed by atoms with van der Waals surface area (Å²) >= 11 is 3.38. The van der Waals surface area contributed by atoms with Gasteiger partial charge in [0.25, 0.3) is 0 Å². The lowest BCUT2D eigenvalue weighted by Crippen LogP contribution is -2.07. The number of nitrogens with zero attached hydrogens (tertiary/aromatic N) is 2. The highest BCUT2D eigenvalue weighted by atomic mass is 79.9. The molecular formula is C12H13BrFN3. The molecule has 2 aromatic rings. The first-order valence-electron chi connectivity index (χ1n) is 5.31. The SMILES string of the molecule is Cn1c(-c2ccccc2F)nc(Br)c1CCN. The minimum Gasteiger partial charge on any atom is -0.330 e. The van der Waals surface area contributed by atoms with Crippen molar-refractivity contribution >= 4 is 15.9 Å². The molecule has 3 nitrogen and oxygen atoms in total. The van der Waals surface area contributed by atoms with Crippen molar-refractivity contribution in [3.05, 3.63) is 40.4 Å². The molecule has 0 fully saturated rings. The van der Waals surface area contributed by atoms with Gasteiger partial charge in [0.2, 0.25) is 0 Å². The third-order valence-electron chi connectivity index (χ3n) is 2.66. The lowest BCUT2D eigenvalue weighted by atomic mass is 10.2. The number of halogens is 2. The zero-order valence-corrected chi connectivity index (χ0v) is 11.0. The predicted octanol–water partition coefficient (Wildman–Crippen LogP) is 2.49. The maximum Gasteiger partial charge on any atom is 0.144 e. The second-order valence-electron chi connectivity index (χ2n) is 3.75. The van der Waals surface area contributed by atoms with E-state index in [1.54, 1.807) is 18.2 Å². The van der Waals surface area contributed by atoms with Gasteiger partial charge in [0, 0.05) is 13.5 Å². The lowest BCUT2D eigenvalue weighted by molar-refractivity contribution is 0.628. The summed E-state index contributed by atoms with van der Waals surface area (Å²) in [6.07, 6.45) is 0.707. The van der Waals surface area contributed by atoms with E-state index in [1.807, 2.05) is 11.6 Å². The molecule has 5 heteroatoms. The Kier molecular flexibility index (Phi) is 3.59. The molecule has 17 heavy (non-hydrogen) atoms. The van der Waals surface area contributed by atoms with Gasteiger partial charge in [-0.15, -0.1) is 0 Å². The summed E-state index contributed by atoms with van der Waals surface area (Å²) in [4.78, 5) is 4.34. The highest BCUT2D eigenvalue weighted by molar-refractivity contribution is 9.10. The van der Waals surface area contributed by atoms with E-state index in [9.17, 15) is 4.39 Å². The van der Waals surface area contributed by atoms with Crippen molar-refractivity contribution < 1.29 is 4.39 Å². The van der Waals surface area contributed by atoms with Gasteiger partial charge >= 0.3 is 0 Å². The Hall–Kier alpha value is -1.20. The predicted molar refractivity (Wildman–Crippen MR) is 69.1 cm³/mol. The zero-order valence-electron chi connectivity index (χ0n) is 9.45. The summed E-state index contributed by atoms with van der Waals surface area (Å²) in [6.45, 7) is 0.537. The van der Waals surface area contributed by atoms with E-state index in [4.69, 9.17) is 5.73 Å². The average molecular weight is 298 g/mol. The molecule has 0 atom stereocenters. The number of hydrogen-bond acceptors (Lipinski definition) is 2. The summed E-state index contributed by atoms with van der Waals surface area (Å²) in [5.74, 6) is 0.339. The van der Waals surface area contributed by atoms with Crippen molar-refractivity contribution in [1.29, 1.82) is 0 Å². The standard InChI is InChI=1S/C12H13BrFN3/c1-17-10(6-7-15)11(13)16-12(17)8-4-2-3-5-9(8)14/h2-5H,6-7,15H2,1H3. The summed E-state index contributed by atoms with van der Waals surface area (Å²) in [7, 11) is 1.87. The first kappa shape index (κ1) is 12.3. The van der Waals surface area contributed by atoms with Crippen LogP contribution in [0.2, 0.25) is 0 Å². The van der Waals surface area contributed by atoms with E-state index in [-0.39, 0.29) is 5.82 Å². The highest BCUT2D eigenvalue weighted by Gasteiger charge is 2.15. The van der Waals surface area contributed by atoms with E-state index in [1.165, 1.54) is 6.07 Å². The van der Waals surface area contributed by atoms with Crippen molar-refractivity contribution in [3.8, 4) is 11.4 Å². The van der Waals surface area contributed by atoms with Crippen LogP contribution in [-0.2, 0) is 13.5 Å². The largest absolute Gasteiger partial charge is 0.330 e.